The van der Waals surface area contributed by atoms with Crippen molar-refractivity contribution < 1.29 is 22.0 Å². The molecule has 1 rings (SSSR count). The Balaban J connectivity index is 3.19. The van der Waals surface area contributed by atoms with E-state index < -0.39 is 23.4 Å². The van der Waals surface area contributed by atoms with Gasteiger partial charge in [-0.25, -0.2) is 8.78 Å². The predicted molar refractivity (Wildman–Crippen MR) is 31.4 cm³/mol. The minimum Gasteiger partial charge on any atom is -0.207 e. The highest BCUT2D eigenvalue weighted by Crippen LogP contribution is 2.31. The van der Waals surface area contributed by atoms with Gasteiger partial charge in [0.15, 0.2) is 0 Å². The van der Waals surface area contributed by atoms with Gasteiger partial charge in [-0.05, 0) is 12.1 Å². The molecule has 0 N–H and O–H groups in total. The number of rotatable bonds is 0. The van der Waals surface area contributed by atoms with Crippen molar-refractivity contribution in [1.29, 1.82) is 0 Å². The van der Waals surface area contributed by atoms with Crippen molar-refractivity contribution in [1.82, 2.24) is 0 Å². The highest BCUT2D eigenvalue weighted by Gasteiger charge is 2.33. The first-order chi connectivity index (χ1) is 5.41. The first-order valence-corrected chi connectivity index (χ1v) is 2.93. The molecule has 1 aromatic rings. The molecule has 0 saturated heterocycles. The van der Waals surface area contributed by atoms with Gasteiger partial charge in [-0.2, -0.15) is 13.2 Å². The van der Waals surface area contributed by atoms with Crippen LogP contribution in [0.15, 0.2) is 18.2 Å². The van der Waals surface area contributed by atoms with E-state index in [0.717, 1.165) is 0 Å². The zero-order valence-electron chi connectivity index (χ0n) is 5.62. The number of hydrogen-bond donors (Lipinski definition) is 0. The van der Waals surface area contributed by atoms with Crippen LogP contribution in [0.1, 0.15) is 5.56 Å². The summed E-state index contributed by atoms with van der Waals surface area (Å²) in [7, 11) is 0. The minimum absolute atomic E-state index is 0.197. The molecular weight excluding hydrogens is 179 g/mol. The third-order valence-corrected chi connectivity index (χ3v) is 1.24. The highest BCUT2D eigenvalue weighted by molar-refractivity contribution is 5.21. The van der Waals surface area contributed by atoms with Gasteiger partial charge in [-0.15, -0.1) is 0 Å². The van der Waals surface area contributed by atoms with E-state index in [1.807, 2.05) is 0 Å². The van der Waals surface area contributed by atoms with Gasteiger partial charge in [0.05, 0.1) is 5.56 Å². The van der Waals surface area contributed by atoms with Crippen LogP contribution in [-0.2, 0) is 6.18 Å². The lowest BCUT2D eigenvalue weighted by Gasteiger charge is -2.06. The van der Waals surface area contributed by atoms with Gasteiger partial charge < -0.3 is 0 Å². The normalized spacial score (nSPS) is 11.8. The Morgan fingerprint density at radius 1 is 1.00 bits per heavy atom. The van der Waals surface area contributed by atoms with Crippen molar-refractivity contribution in [3.05, 3.63) is 35.4 Å². The average Bonchev–Trinajstić information content (AvgIpc) is 1.83. The highest BCUT2D eigenvalue weighted by atomic mass is 19.4. The second-order valence-corrected chi connectivity index (χ2v) is 2.12. The SMILES string of the molecule is Fc1ccc(C(F)(F)F)c(F)c1. The van der Waals surface area contributed by atoms with E-state index in [-0.39, 0.29) is 6.07 Å². The third-order valence-electron chi connectivity index (χ3n) is 1.24. The summed E-state index contributed by atoms with van der Waals surface area (Å²) in [6.07, 6.45) is -4.77. The number of hydrogen-bond acceptors (Lipinski definition) is 0. The molecule has 0 saturated carbocycles. The summed E-state index contributed by atoms with van der Waals surface area (Å²) in [6, 6.07) is 1.12. The van der Waals surface area contributed by atoms with Crippen molar-refractivity contribution >= 4 is 0 Å². The van der Waals surface area contributed by atoms with E-state index in [2.05, 4.69) is 0 Å². The monoisotopic (exact) mass is 182 g/mol. The molecule has 1 aromatic carbocycles. The molecule has 0 nitrogen and oxygen atoms in total. The molecule has 0 aliphatic heterocycles. The summed E-state index contributed by atoms with van der Waals surface area (Å²) >= 11 is 0. The van der Waals surface area contributed by atoms with E-state index >= 15 is 0 Å². The molecule has 0 atom stereocenters. The lowest BCUT2D eigenvalue weighted by atomic mass is 10.2. The average molecular weight is 182 g/mol. The van der Waals surface area contributed by atoms with Gasteiger partial charge in [0.2, 0.25) is 0 Å². The third kappa shape index (κ3) is 1.72. The quantitative estimate of drug-likeness (QED) is 0.541. The first-order valence-electron chi connectivity index (χ1n) is 2.93. The molecule has 0 spiro atoms. The van der Waals surface area contributed by atoms with Crippen LogP contribution in [0.25, 0.3) is 0 Å². The van der Waals surface area contributed by atoms with Crippen molar-refractivity contribution in [2.75, 3.05) is 0 Å². The topological polar surface area (TPSA) is 0 Å². The second-order valence-electron chi connectivity index (χ2n) is 2.12. The largest absolute Gasteiger partial charge is 0.419 e. The summed E-state index contributed by atoms with van der Waals surface area (Å²) in [6.45, 7) is 0. The van der Waals surface area contributed by atoms with Gasteiger partial charge in [0, 0.05) is 6.07 Å². The Labute approximate surface area is 64.6 Å². The summed E-state index contributed by atoms with van der Waals surface area (Å²) in [5, 5.41) is 0. The minimum atomic E-state index is -4.77. The molecular formula is C7H3F5. The molecule has 0 heterocycles. The molecule has 0 aliphatic rings. The molecule has 12 heavy (non-hydrogen) atoms. The number of alkyl halides is 3. The fourth-order valence-corrected chi connectivity index (χ4v) is 0.719. The zero-order valence-corrected chi connectivity index (χ0v) is 5.62. The molecule has 5 heteroatoms. The molecule has 0 unspecified atom stereocenters. The fraction of sp³-hybridized carbons (Fsp3) is 0.143. The molecule has 0 aliphatic carbocycles. The Morgan fingerprint density at radius 3 is 2.00 bits per heavy atom. The molecule has 66 valence electrons. The van der Waals surface area contributed by atoms with Crippen LogP contribution < -0.4 is 0 Å². The number of halogens is 5. The Bertz CT molecular complexity index is 288. The van der Waals surface area contributed by atoms with Crippen molar-refractivity contribution in [3.8, 4) is 0 Å². The van der Waals surface area contributed by atoms with E-state index in [4.69, 9.17) is 0 Å². The lowest BCUT2D eigenvalue weighted by molar-refractivity contribution is -0.140. The van der Waals surface area contributed by atoms with Crippen molar-refractivity contribution in [2.45, 2.75) is 6.18 Å². The van der Waals surface area contributed by atoms with Crippen LogP contribution in [0.4, 0.5) is 22.0 Å². The summed E-state index contributed by atoms with van der Waals surface area (Å²) in [4.78, 5) is 0. The van der Waals surface area contributed by atoms with E-state index in [1.54, 1.807) is 0 Å². The molecule has 0 bridgehead atoms. The smallest absolute Gasteiger partial charge is 0.207 e. The summed E-state index contributed by atoms with van der Waals surface area (Å²) in [5.74, 6) is -2.62. The lowest BCUT2D eigenvalue weighted by Crippen LogP contribution is -2.07. The summed E-state index contributed by atoms with van der Waals surface area (Å²) < 4.78 is 60.0. The molecule has 0 fully saturated rings. The Hall–Kier alpha value is -1.13. The first kappa shape index (κ1) is 8.96. The van der Waals surface area contributed by atoms with Crippen LogP contribution >= 0.6 is 0 Å². The number of benzene rings is 1. The second kappa shape index (κ2) is 2.73. The Morgan fingerprint density at radius 2 is 1.58 bits per heavy atom. The maximum atomic E-state index is 12.4. The van der Waals surface area contributed by atoms with Gasteiger partial charge in [-0.3, -0.25) is 0 Å². The van der Waals surface area contributed by atoms with Gasteiger partial charge in [-0.1, -0.05) is 0 Å². The van der Waals surface area contributed by atoms with Crippen LogP contribution in [0, 0.1) is 11.6 Å². The van der Waals surface area contributed by atoms with Crippen LogP contribution in [-0.4, -0.2) is 0 Å². The van der Waals surface area contributed by atoms with Gasteiger partial charge in [0.1, 0.15) is 11.6 Å². The van der Waals surface area contributed by atoms with E-state index in [9.17, 15) is 22.0 Å². The maximum Gasteiger partial charge on any atom is 0.419 e. The van der Waals surface area contributed by atoms with E-state index in [1.165, 1.54) is 0 Å². The van der Waals surface area contributed by atoms with Crippen LogP contribution in [0.2, 0.25) is 0 Å². The molecule has 0 aromatic heterocycles. The van der Waals surface area contributed by atoms with Gasteiger partial charge >= 0.3 is 6.18 Å². The standard InChI is InChI=1S/C7H3F5/c8-4-1-2-5(6(9)3-4)7(10,11)12/h1-3H. The molecule has 0 amide bonds. The fourth-order valence-electron chi connectivity index (χ4n) is 0.719. The predicted octanol–water partition coefficient (Wildman–Crippen LogP) is 2.98. The molecule has 0 radical (unpaired) electrons. The maximum absolute atomic E-state index is 12.4. The Kier molecular flexibility index (Phi) is 2.04. The van der Waals surface area contributed by atoms with Gasteiger partial charge in [0.25, 0.3) is 0 Å². The zero-order chi connectivity index (χ0) is 9.35. The van der Waals surface area contributed by atoms with Crippen LogP contribution in [0.3, 0.4) is 0 Å². The summed E-state index contributed by atoms with van der Waals surface area (Å²) in [5.41, 5.74) is -1.45. The van der Waals surface area contributed by atoms with Crippen LogP contribution in [0.5, 0.6) is 0 Å². The van der Waals surface area contributed by atoms with E-state index in [0.29, 0.717) is 12.1 Å². The van der Waals surface area contributed by atoms with Crippen molar-refractivity contribution in [3.63, 3.8) is 0 Å². The van der Waals surface area contributed by atoms with Crippen molar-refractivity contribution in [2.24, 2.45) is 0 Å².